The largest absolute Gasteiger partial charge is 0.434 e. The van der Waals surface area contributed by atoms with E-state index in [1.165, 1.54) is 23.1 Å². The van der Waals surface area contributed by atoms with Gasteiger partial charge in [0.1, 0.15) is 5.75 Å². The summed E-state index contributed by atoms with van der Waals surface area (Å²) >= 11 is 0. The molecule has 0 saturated heterocycles. The highest BCUT2D eigenvalue weighted by Crippen LogP contribution is 2.21. The van der Waals surface area contributed by atoms with Crippen LogP contribution in [0.3, 0.4) is 0 Å². The van der Waals surface area contributed by atoms with Crippen LogP contribution in [-0.2, 0) is 11.3 Å². The second kappa shape index (κ2) is 9.47. The van der Waals surface area contributed by atoms with E-state index in [9.17, 15) is 18.4 Å². The quantitative estimate of drug-likeness (QED) is 0.757. The summed E-state index contributed by atoms with van der Waals surface area (Å²) in [6.07, 6.45) is 2.73. The number of para-hydroxylation sites is 1. The average Bonchev–Trinajstić information content (AvgIpc) is 2.66. The Morgan fingerprint density at radius 2 is 1.81 bits per heavy atom. The van der Waals surface area contributed by atoms with Gasteiger partial charge < -0.3 is 15.0 Å². The van der Waals surface area contributed by atoms with Gasteiger partial charge in [0, 0.05) is 37.8 Å². The molecule has 5 nitrogen and oxygen atoms in total. The van der Waals surface area contributed by atoms with E-state index in [-0.39, 0.29) is 17.6 Å². The van der Waals surface area contributed by atoms with Crippen molar-refractivity contribution in [3.8, 4) is 5.75 Å². The Morgan fingerprint density at radius 1 is 1.15 bits per heavy atom. The van der Waals surface area contributed by atoms with Gasteiger partial charge in [0.2, 0.25) is 5.91 Å². The smallest absolute Gasteiger partial charge is 0.387 e. The van der Waals surface area contributed by atoms with Crippen LogP contribution in [0.15, 0.2) is 54.6 Å². The van der Waals surface area contributed by atoms with Gasteiger partial charge in [-0.2, -0.15) is 8.78 Å². The minimum Gasteiger partial charge on any atom is -0.434 e. The molecule has 2 rings (SSSR count). The Balaban J connectivity index is 2.01. The fraction of sp³-hybridized carbons (Fsp3) is 0.200. The molecule has 0 saturated carbocycles. The highest BCUT2D eigenvalue weighted by Gasteiger charge is 2.10. The molecule has 1 N–H and O–H groups in total. The van der Waals surface area contributed by atoms with Crippen LogP contribution < -0.4 is 10.1 Å². The summed E-state index contributed by atoms with van der Waals surface area (Å²) in [5.41, 5.74) is 1.77. The molecular weight excluding hydrogens is 354 g/mol. The van der Waals surface area contributed by atoms with E-state index in [1.807, 2.05) is 0 Å². The molecule has 0 heterocycles. The number of hydrogen-bond acceptors (Lipinski definition) is 3. The van der Waals surface area contributed by atoms with Crippen LogP contribution in [-0.4, -0.2) is 37.4 Å². The highest BCUT2D eigenvalue weighted by molar-refractivity contribution is 5.94. The molecule has 0 aliphatic carbocycles. The number of ether oxygens (including phenoxy) is 1. The number of likely N-dealkylation sites (N-methyl/N-ethyl adjacent to an activating group) is 1. The van der Waals surface area contributed by atoms with Gasteiger partial charge in [-0.25, -0.2) is 0 Å². The maximum Gasteiger partial charge on any atom is 0.387 e. The average molecular weight is 374 g/mol. The minimum absolute atomic E-state index is 0.00370. The molecule has 0 aliphatic rings. The molecular formula is C20H20F2N2O3. The molecule has 2 aromatic rings. The molecule has 27 heavy (non-hydrogen) atoms. The van der Waals surface area contributed by atoms with Crippen molar-refractivity contribution >= 4 is 17.9 Å². The van der Waals surface area contributed by atoms with Crippen LogP contribution in [0.5, 0.6) is 5.75 Å². The van der Waals surface area contributed by atoms with Crippen molar-refractivity contribution < 1.29 is 23.1 Å². The van der Waals surface area contributed by atoms with E-state index in [4.69, 9.17) is 0 Å². The van der Waals surface area contributed by atoms with E-state index >= 15 is 0 Å². The summed E-state index contributed by atoms with van der Waals surface area (Å²) in [6, 6.07) is 13.1. The van der Waals surface area contributed by atoms with Crippen molar-refractivity contribution in [2.45, 2.75) is 13.2 Å². The van der Waals surface area contributed by atoms with Crippen LogP contribution in [0, 0.1) is 0 Å². The topological polar surface area (TPSA) is 58.6 Å². The van der Waals surface area contributed by atoms with Crippen LogP contribution in [0.1, 0.15) is 21.5 Å². The van der Waals surface area contributed by atoms with Crippen molar-refractivity contribution in [3.63, 3.8) is 0 Å². The van der Waals surface area contributed by atoms with Crippen molar-refractivity contribution in [1.29, 1.82) is 0 Å². The van der Waals surface area contributed by atoms with Gasteiger partial charge in [-0.1, -0.05) is 30.3 Å². The van der Waals surface area contributed by atoms with E-state index in [2.05, 4.69) is 10.1 Å². The Hall–Kier alpha value is -3.22. The summed E-state index contributed by atoms with van der Waals surface area (Å²) in [6.45, 7) is -2.59. The van der Waals surface area contributed by atoms with Gasteiger partial charge >= 0.3 is 6.61 Å². The second-order valence-electron chi connectivity index (χ2n) is 5.72. The van der Waals surface area contributed by atoms with Crippen LogP contribution in [0.4, 0.5) is 8.78 Å². The molecule has 142 valence electrons. The maximum absolute atomic E-state index is 12.4. The molecule has 2 aromatic carbocycles. The van der Waals surface area contributed by atoms with Crippen molar-refractivity contribution in [1.82, 2.24) is 10.2 Å². The SMILES string of the molecule is CNC(=O)c1ccc(CN(C)C(=O)C=Cc2ccccc2OC(F)F)cc1. The van der Waals surface area contributed by atoms with E-state index in [1.54, 1.807) is 56.6 Å². The summed E-state index contributed by atoms with van der Waals surface area (Å²) in [4.78, 5) is 25.3. The van der Waals surface area contributed by atoms with Crippen LogP contribution in [0.2, 0.25) is 0 Å². The Bertz CT molecular complexity index is 820. The monoisotopic (exact) mass is 374 g/mol. The molecule has 0 atom stereocenters. The molecule has 2 amide bonds. The molecule has 0 unspecified atom stereocenters. The third kappa shape index (κ3) is 5.91. The Morgan fingerprint density at radius 3 is 2.44 bits per heavy atom. The number of carbonyl (C=O) groups excluding carboxylic acids is 2. The van der Waals surface area contributed by atoms with Gasteiger partial charge in [0.05, 0.1) is 0 Å². The van der Waals surface area contributed by atoms with E-state index in [0.717, 1.165) is 5.56 Å². The number of alkyl halides is 2. The number of nitrogens with one attached hydrogen (secondary N) is 1. The fourth-order valence-corrected chi connectivity index (χ4v) is 2.37. The molecule has 0 fully saturated rings. The predicted molar refractivity (Wildman–Crippen MR) is 98.4 cm³/mol. The van der Waals surface area contributed by atoms with Crippen LogP contribution >= 0.6 is 0 Å². The van der Waals surface area contributed by atoms with Gasteiger partial charge in [-0.15, -0.1) is 0 Å². The summed E-state index contributed by atoms with van der Waals surface area (Å²) in [7, 11) is 3.18. The van der Waals surface area contributed by atoms with Gasteiger partial charge in [0.25, 0.3) is 5.91 Å². The number of nitrogens with zero attached hydrogens (tertiary/aromatic N) is 1. The lowest BCUT2D eigenvalue weighted by atomic mass is 10.1. The molecule has 0 spiro atoms. The zero-order valence-corrected chi connectivity index (χ0v) is 15.0. The molecule has 0 bridgehead atoms. The van der Waals surface area contributed by atoms with Crippen molar-refractivity contribution in [2.75, 3.05) is 14.1 Å². The number of benzene rings is 2. The van der Waals surface area contributed by atoms with E-state index in [0.29, 0.717) is 17.7 Å². The third-order valence-corrected chi connectivity index (χ3v) is 3.78. The molecule has 7 heteroatoms. The molecule has 0 aliphatic heterocycles. The first-order chi connectivity index (χ1) is 12.9. The summed E-state index contributed by atoms with van der Waals surface area (Å²) in [5.74, 6) is -0.472. The van der Waals surface area contributed by atoms with Gasteiger partial charge in [-0.05, 0) is 29.8 Å². The zero-order chi connectivity index (χ0) is 19.8. The number of amides is 2. The first-order valence-corrected chi connectivity index (χ1v) is 8.18. The lowest BCUT2D eigenvalue weighted by molar-refractivity contribution is -0.125. The summed E-state index contributed by atoms with van der Waals surface area (Å²) in [5, 5.41) is 2.54. The van der Waals surface area contributed by atoms with Gasteiger partial charge in [0.15, 0.2) is 0 Å². The fourth-order valence-electron chi connectivity index (χ4n) is 2.37. The Kier molecular flexibility index (Phi) is 7.05. The predicted octanol–water partition coefficient (Wildman–Crippen LogP) is 3.32. The lowest BCUT2D eigenvalue weighted by Crippen LogP contribution is -2.24. The minimum atomic E-state index is -2.93. The summed E-state index contributed by atoms with van der Waals surface area (Å²) < 4.78 is 29.3. The van der Waals surface area contributed by atoms with Crippen molar-refractivity contribution in [3.05, 3.63) is 71.3 Å². The van der Waals surface area contributed by atoms with Crippen LogP contribution in [0.25, 0.3) is 6.08 Å². The van der Waals surface area contributed by atoms with Gasteiger partial charge in [-0.3, -0.25) is 9.59 Å². The normalized spacial score (nSPS) is 10.9. The zero-order valence-electron chi connectivity index (χ0n) is 15.0. The second-order valence-corrected chi connectivity index (χ2v) is 5.72. The molecule has 0 radical (unpaired) electrons. The number of carbonyl (C=O) groups is 2. The first kappa shape index (κ1) is 20.1. The maximum atomic E-state index is 12.4. The number of halogens is 2. The van der Waals surface area contributed by atoms with Crippen molar-refractivity contribution in [2.24, 2.45) is 0 Å². The first-order valence-electron chi connectivity index (χ1n) is 8.18. The van der Waals surface area contributed by atoms with E-state index < -0.39 is 6.61 Å². The standard InChI is InChI=1S/C20H20F2N2O3/c1-23-19(26)16-9-7-14(8-10-16)13-24(2)18(25)12-11-15-5-3-4-6-17(15)27-20(21)22/h3-12,20H,13H2,1-2H3,(H,23,26). The lowest BCUT2D eigenvalue weighted by Gasteiger charge is -2.15. The molecule has 0 aromatic heterocycles. The Labute approximate surface area is 156 Å². The number of hydrogen-bond donors (Lipinski definition) is 1. The highest BCUT2D eigenvalue weighted by atomic mass is 19.3. The third-order valence-electron chi connectivity index (χ3n) is 3.78. The number of rotatable bonds is 7.